The number of benzene rings is 2. The van der Waals surface area contributed by atoms with Gasteiger partial charge in [-0.15, -0.1) is 0 Å². The number of amides is 1. The van der Waals surface area contributed by atoms with Crippen LogP contribution in [0.15, 0.2) is 54.6 Å². The van der Waals surface area contributed by atoms with Crippen LogP contribution in [-0.2, 0) is 17.8 Å². The summed E-state index contributed by atoms with van der Waals surface area (Å²) in [6.07, 6.45) is 0.523. The molecule has 0 N–H and O–H groups in total. The van der Waals surface area contributed by atoms with E-state index in [1.807, 2.05) is 82.1 Å². The molecule has 1 heterocycles. The third-order valence-corrected chi connectivity index (χ3v) is 3.60. The fourth-order valence-corrected chi connectivity index (χ4v) is 2.66. The van der Waals surface area contributed by atoms with Crippen LogP contribution in [0.4, 0.5) is 5.69 Å². The smallest absolute Gasteiger partial charge is 0.232 e. The number of fused-ring (bicyclic) bond motifs is 1. The maximum atomic E-state index is 12.1. The molecule has 0 radical (unpaired) electrons. The van der Waals surface area contributed by atoms with Gasteiger partial charge in [0.2, 0.25) is 5.91 Å². The Morgan fingerprint density at radius 1 is 0.917 bits per heavy atom. The lowest BCUT2D eigenvalue weighted by Gasteiger charge is -2.25. The summed E-state index contributed by atoms with van der Waals surface area (Å²) in [4.78, 5) is 16.2. The molecule has 3 heteroatoms. The van der Waals surface area contributed by atoms with Crippen LogP contribution in [0.25, 0.3) is 0 Å². The number of rotatable bonds is 4. The number of para-hydroxylation sites is 1. The fraction of sp³-hybridized carbons (Fsp3) is 0.381. The highest BCUT2D eigenvalue weighted by atomic mass is 16.2. The van der Waals surface area contributed by atoms with E-state index in [4.69, 9.17) is 0 Å². The Labute approximate surface area is 146 Å². The highest BCUT2D eigenvalue weighted by Crippen LogP contribution is 2.28. The lowest BCUT2D eigenvalue weighted by molar-refractivity contribution is -0.117. The first-order valence-electron chi connectivity index (χ1n) is 8.85. The molecule has 3 rings (SSSR count). The van der Waals surface area contributed by atoms with Gasteiger partial charge in [-0.1, -0.05) is 76.2 Å². The summed E-state index contributed by atoms with van der Waals surface area (Å²) < 4.78 is 0. The SMILES string of the molecule is CC.CC.CN(Cc1ccccc1)CN1C(=O)Cc2ccccc21. The molecule has 0 unspecified atom stereocenters. The van der Waals surface area contributed by atoms with Gasteiger partial charge in [0.15, 0.2) is 0 Å². The van der Waals surface area contributed by atoms with Crippen LogP contribution in [0.5, 0.6) is 0 Å². The third kappa shape index (κ3) is 5.20. The van der Waals surface area contributed by atoms with Crippen molar-refractivity contribution in [3.63, 3.8) is 0 Å². The molecule has 1 amide bonds. The van der Waals surface area contributed by atoms with Crippen LogP contribution >= 0.6 is 0 Å². The molecule has 0 bridgehead atoms. The Kier molecular flexibility index (Phi) is 8.80. The summed E-state index contributed by atoms with van der Waals surface area (Å²) in [6, 6.07) is 18.3. The molecule has 2 aromatic rings. The van der Waals surface area contributed by atoms with Crippen LogP contribution in [0.1, 0.15) is 38.8 Å². The van der Waals surface area contributed by atoms with Crippen LogP contribution in [-0.4, -0.2) is 24.5 Å². The maximum absolute atomic E-state index is 12.1. The Morgan fingerprint density at radius 2 is 1.50 bits per heavy atom. The van der Waals surface area contributed by atoms with Gasteiger partial charge in [0, 0.05) is 12.2 Å². The van der Waals surface area contributed by atoms with E-state index in [-0.39, 0.29) is 5.91 Å². The lowest BCUT2D eigenvalue weighted by atomic mass is 10.2. The highest BCUT2D eigenvalue weighted by Gasteiger charge is 2.27. The summed E-state index contributed by atoms with van der Waals surface area (Å²) >= 11 is 0. The summed E-state index contributed by atoms with van der Waals surface area (Å²) in [5, 5.41) is 0. The third-order valence-electron chi connectivity index (χ3n) is 3.60. The van der Waals surface area contributed by atoms with Gasteiger partial charge < -0.3 is 0 Å². The minimum atomic E-state index is 0.186. The molecule has 24 heavy (non-hydrogen) atoms. The van der Waals surface area contributed by atoms with Gasteiger partial charge in [0.05, 0.1) is 13.1 Å². The Bertz CT molecular complexity index is 610. The first kappa shape index (κ1) is 19.9. The van der Waals surface area contributed by atoms with E-state index < -0.39 is 0 Å². The number of anilines is 1. The van der Waals surface area contributed by atoms with Crippen LogP contribution < -0.4 is 4.90 Å². The molecule has 0 aromatic heterocycles. The van der Waals surface area contributed by atoms with E-state index in [9.17, 15) is 4.79 Å². The van der Waals surface area contributed by atoms with E-state index in [2.05, 4.69) is 17.0 Å². The molecule has 0 fully saturated rings. The molecular formula is C21H30N2O. The maximum Gasteiger partial charge on any atom is 0.232 e. The molecule has 1 aliphatic rings. The van der Waals surface area contributed by atoms with Crippen molar-refractivity contribution in [3.05, 3.63) is 65.7 Å². The van der Waals surface area contributed by atoms with Crippen molar-refractivity contribution in [2.45, 2.75) is 40.7 Å². The molecule has 0 atom stereocenters. The lowest BCUT2D eigenvalue weighted by Crippen LogP contribution is -2.37. The van der Waals surface area contributed by atoms with Crippen molar-refractivity contribution in [3.8, 4) is 0 Å². The van der Waals surface area contributed by atoms with Gasteiger partial charge in [0.25, 0.3) is 0 Å². The fourth-order valence-electron chi connectivity index (χ4n) is 2.66. The molecule has 3 nitrogen and oxygen atoms in total. The van der Waals surface area contributed by atoms with Crippen molar-refractivity contribution in [2.75, 3.05) is 18.6 Å². The molecule has 130 valence electrons. The number of hydrogen-bond acceptors (Lipinski definition) is 2. The minimum Gasteiger partial charge on any atom is -0.298 e. The van der Waals surface area contributed by atoms with Crippen LogP contribution in [0.3, 0.4) is 0 Å². The Morgan fingerprint density at radius 3 is 2.17 bits per heavy atom. The Balaban J connectivity index is 0.000000671. The van der Waals surface area contributed by atoms with Gasteiger partial charge in [-0.05, 0) is 24.2 Å². The monoisotopic (exact) mass is 326 g/mol. The van der Waals surface area contributed by atoms with Crippen LogP contribution in [0.2, 0.25) is 0 Å². The van der Waals surface area contributed by atoms with Crippen molar-refractivity contribution in [2.24, 2.45) is 0 Å². The van der Waals surface area contributed by atoms with E-state index >= 15 is 0 Å². The van der Waals surface area contributed by atoms with Gasteiger partial charge in [-0.3, -0.25) is 14.6 Å². The number of nitrogens with zero attached hydrogens (tertiary/aromatic N) is 2. The molecule has 0 saturated carbocycles. The average Bonchev–Trinajstić information content (AvgIpc) is 2.95. The summed E-state index contributed by atoms with van der Waals surface area (Å²) in [6.45, 7) is 9.47. The van der Waals surface area contributed by atoms with Crippen molar-refractivity contribution >= 4 is 11.6 Å². The van der Waals surface area contributed by atoms with Gasteiger partial charge >= 0.3 is 0 Å². The van der Waals surface area contributed by atoms with Crippen LogP contribution in [0, 0.1) is 0 Å². The normalized spacial score (nSPS) is 12.1. The zero-order valence-electron chi connectivity index (χ0n) is 15.6. The number of carbonyl (C=O) groups excluding carboxylic acids is 1. The average molecular weight is 326 g/mol. The van der Waals surface area contributed by atoms with Crippen molar-refractivity contribution in [1.82, 2.24) is 4.90 Å². The summed E-state index contributed by atoms with van der Waals surface area (Å²) in [5.74, 6) is 0.186. The van der Waals surface area contributed by atoms with E-state index in [1.165, 1.54) is 5.56 Å². The largest absolute Gasteiger partial charge is 0.298 e. The minimum absolute atomic E-state index is 0.186. The molecule has 2 aromatic carbocycles. The summed E-state index contributed by atoms with van der Waals surface area (Å²) in [7, 11) is 2.04. The zero-order valence-corrected chi connectivity index (χ0v) is 15.6. The number of hydrogen-bond donors (Lipinski definition) is 0. The highest BCUT2D eigenvalue weighted by molar-refractivity contribution is 6.01. The second kappa shape index (κ2) is 10.6. The second-order valence-corrected chi connectivity index (χ2v) is 5.27. The van der Waals surface area contributed by atoms with Gasteiger partial charge in [0.1, 0.15) is 0 Å². The first-order valence-corrected chi connectivity index (χ1v) is 8.85. The molecule has 1 aliphatic heterocycles. The van der Waals surface area contributed by atoms with Gasteiger partial charge in [-0.2, -0.15) is 0 Å². The van der Waals surface area contributed by atoms with Crippen molar-refractivity contribution in [1.29, 1.82) is 0 Å². The van der Waals surface area contributed by atoms with E-state index in [0.29, 0.717) is 13.1 Å². The topological polar surface area (TPSA) is 23.6 Å². The first-order chi connectivity index (χ1) is 11.7. The molecular weight excluding hydrogens is 296 g/mol. The molecule has 0 saturated heterocycles. The molecule has 0 aliphatic carbocycles. The predicted molar refractivity (Wildman–Crippen MR) is 103 cm³/mol. The van der Waals surface area contributed by atoms with E-state index in [0.717, 1.165) is 17.8 Å². The molecule has 0 spiro atoms. The number of carbonyl (C=O) groups is 1. The summed E-state index contributed by atoms with van der Waals surface area (Å²) in [5.41, 5.74) is 3.44. The zero-order chi connectivity index (χ0) is 17.9. The van der Waals surface area contributed by atoms with Crippen molar-refractivity contribution < 1.29 is 4.79 Å². The predicted octanol–water partition coefficient (Wildman–Crippen LogP) is 4.72. The quantitative estimate of drug-likeness (QED) is 0.812. The second-order valence-electron chi connectivity index (χ2n) is 5.27. The van der Waals surface area contributed by atoms with Gasteiger partial charge in [-0.25, -0.2) is 0 Å². The Hall–Kier alpha value is -2.13. The van der Waals surface area contributed by atoms with E-state index in [1.54, 1.807) is 0 Å². The standard InChI is InChI=1S/C17H18N2O.2C2H6/c1-18(12-14-7-3-2-4-8-14)13-19-16-10-6-5-9-15(16)11-17(19)20;2*1-2/h2-10H,11-13H2,1H3;2*1-2H3.